The van der Waals surface area contributed by atoms with Gasteiger partial charge in [-0.25, -0.2) is 0 Å². The Kier molecular flexibility index (Phi) is 6.72. The van der Waals surface area contributed by atoms with Gasteiger partial charge in [0.25, 0.3) is 5.91 Å². The number of carbonyl (C=O) groups is 2. The van der Waals surface area contributed by atoms with Gasteiger partial charge in [0.05, 0.1) is 13.1 Å². The molecule has 5 rings (SSSR count). The van der Waals surface area contributed by atoms with E-state index in [1.165, 1.54) is 5.56 Å². The zero-order chi connectivity index (χ0) is 23.3. The van der Waals surface area contributed by atoms with Crippen molar-refractivity contribution in [2.45, 2.75) is 32.4 Å². The van der Waals surface area contributed by atoms with Gasteiger partial charge in [0.1, 0.15) is 0 Å². The normalized spacial score (nSPS) is 16.2. The second-order valence-electron chi connectivity index (χ2n) is 9.11. The third-order valence-electron chi connectivity index (χ3n) is 6.70. The van der Waals surface area contributed by atoms with Crippen LogP contribution in [0.5, 0.6) is 0 Å². The predicted molar refractivity (Wildman–Crippen MR) is 130 cm³/mol. The quantitative estimate of drug-likeness (QED) is 0.592. The van der Waals surface area contributed by atoms with E-state index >= 15 is 0 Å². The number of carbonyl (C=O) groups excluding carboxylic acids is 2. The average molecular weight is 458 g/mol. The van der Waals surface area contributed by atoms with Gasteiger partial charge in [0.2, 0.25) is 5.91 Å². The molecule has 3 aromatic rings. The molecule has 3 heterocycles. The van der Waals surface area contributed by atoms with Crippen molar-refractivity contribution in [1.29, 1.82) is 0 Å². The second-order valence-corrected chi connectivity index (χ2v) is 9.11. The van der Waals surface area contributed by atoms with Gasteiger partial charge < -0.3 is 10.2 Å². The largest absolute Gasteiger partial charge is 0.353 e. The first kappa shape index (κ1) is 22.3. The molecule has 2 amide bonds. The summed E-state index contributed by atoms with van der Waals surface area (Å²) in [4.78, 5) is 29.4. The summed E-state index contributed by atoms with van der Waals surface area (Å²) in [6.45, 7) is 4.42. The molecular weight excluding hydrogens is 426 g/mol. The number of hydrogen-bond donors (Lipinski definition) is 1. The van der Waals surface area contributed by atoms with E-state index in [4.69, 9.17) is 5.10 Å². The fraction of sp³-hybridized carbons (Fsp3) is 0.370. The topological polar surface area (TPSA) is 70.5 Å². The zero-order valence-corrected chi connectivity index (χ0v) is 19.4. The van der Waals surface area contributed by atoms with Crippen LogP contribution in [0.15, 0.2) is 60.7 Å². The molecule has 2 aliphatic rings. The summed E-state index contributed by atoms with van der Waals surface area (Å²) < 4.78 is 2.00. The third-order valence-corrected chi connectivity index (χ3v) is 6.70. The Morgan fingerprint density at radius 3 is 2.41 bits per heavy atom. The van der Waals surface area contributed by atoms with Crippen LogP contribution in [0.2, 0.25) is 0 Å². The SMILES string of the molecule is O=C1CN(C(=O)c2nn(Cc3ccccc3)c3c2CN(CCCc2ccccc2)CC3)CCN1. The fourth-order valence-corrected chi connectivity index (χ4v) is 4.91. The molecule has 176 valence electrons. The molecule has 2 aliphatic heterocycles. The molecule has 2 aromatic carbocycles. The standard InChI is InChI=1S/C27H31N5O2/c33-25-20-31(17-14-28-25)27(34)26-23-19-30(15-7-12-21-8-3-1-4-9-21)16-13-24(23)32(29-26)18-22-10-5-2-6-11-22/h1-6,8-11H,7,12-20H2,(H,28,33). The highest BCUT2D eigenvalue weighted by molar-refractivity contribution is 5.97. The molecule has 1 saturated heterocycles. The Balaban J connectivity index is 1.35. The molecule has 1 fully saturated rings. The number of aromatic nitrogens is 2. The number of benzene rings is 2. The number of amides is 2. The van der Waals surface area contributed by atoms with Crippen LogP contribution in [0, 0.1) is 0 Å². The van der Waals surface area contributed by atoms with Crippen molar-refractivity contribution in [1.82, 2.24) is 24.9 Å². The van der Waals surface area contributed by atoms with E-state index in [1.807, 2.05) is 28.9 Å². The summed E-state index contributed by atoms with van der Waals surface area (Å²) >= 11 is 0. The molecule has 1 aromatic heterocycles. The van der Waals surface area contributed by atoms with Gasteiger partial charge in [-0.1, -0.05) is 60.7 Å². The Morgan fingerprint density at radius 1 is 0.941 bits per heavy atom. The number of hydrogen-bond acceptors (Lipinski definition) is 4. The molecular formula is C27H31N5O2. The average Bonchev–Trinajstić information content (AvgIpc) is 3.22. The maximum absolute atomic E-state index is 13.4. The molecule has 0 aliphatic carbocycles. The summed E-state index contributed by atoms with van der Waals surface area (Å²) in [5.74, 6) is -0.247. The van der Waals surface area contributed by atoms with Gasteiger partial charge in [0, 0.05) is 43.9 Å². The van der Waals surface area contributed by atoms with Crippen molar-refractivity contribution < 1.29 is 9.59 Å². The third kappa shape index (κ3) is 5.04. The lowest BCUT2D eigenvalue weighted by molar-refractivity contribution is -0.123. The van der Waals surface area contributed by atoms with E-state index in [-0.39, 0.29) is 18.4 Å². The number of nitrogens with zero attached hydrogens (tertiary/aromatic N) is 4. The van der Waals surface area contributed by atoms with Gasteiger partial charge in [-0.15, -0.1) is 0 Å². The van der Waals surface area contributed by atoms with E-state index in [9.17, 15) is 9.59 Å². The van der Waals surface area contributed by atoms with E-state index < -0.39 is 0 Å². The molecule has 7 heteroatoms. The second kappa shape index (κ2) is 10.2. The molecule has 7 nitrogen and oxygen atoms in total. The summed E-state index contributed by atoms with van der Waals surface area (Å²) in [7, 11) is 0. The molecule has 0 atom stereocenters. The minimum Gasteiger partial charge on any atom is -0.353 e. The summed E-state index contributed by atoms with van der Waals surface area (Å²) in [5, 5.41) is 7.61. The molecule has 34 heavy (non-hydrogen) atoms. The highest BCUT2D eigenvalue weighted by Gasteiger charge is 2.32. The minimum atomic E-state index is -0.135. The van der Waals surface area contributed by atoms with Crippen LogP contribution in [-0.2, 0) is 30.7 Å². The number of nitrogens with one attached hydrogen (secondary N) is 1. The van der Waals surface area contributed by atoms with Crippen LogP contribution in [0.1, 0.15) is 39.3 Å². The summed E-state index contributed by atoms with van der Waals surface area (Å²) in [5.41, 5.74) is 5.20. The van der Waals surface area contributed by atoms with Crippen molar-refractivity contribution in [2.75, 3.05) is 32.7 Å². The maximum Gasteiger partial charge on any atom is 0.275 e. The first-order valence-electron chi connectivity index (χ1n) is 12.1. The smallest absolute Gasteiger partial charge is 0.275 e. The molecule has 0 saturated carbocycles. The van der Waals surface area contributed by atoms with Crippen LogP contribution in [0.3, 0.4) is 0 Å². The molecule has 0 unspecified atom stereocenters. The molecule has 1 N–H and O–H groups in total. The number of piperazine rings is 1. The lowest BCUT2D eigenvalue weighted by Crippen LogP contribution is -2.50. The Morgan fingerprint density at radius 2 is 1.68 bits per heavy atom. The van der Waals surface area contributed by atoms with Crippen LogP contribution >= 0.6 is 0 Å². The first-order chi connectivity index (χ1) is 16.7. The molecule has 0 radical (unpaired) electrons. The van der Waals surface area contributed by atoms with Crippen LogP contribution in [-0.4, -0.2) is 64.1 Å². The number of fused-ring (bicyclic) bond motifs is 1. The zero-order valence-electron chi connectivity index (χ0n) is 19.4. The highest BCUT2D eigenvalue weighted by atomic mass is 16.2. The number of aryl methyl sites for hydroxylation is 1. The van der Waals surface area contributed by atoms with Crippen molar-refractivity contribution in [3.05, 3.63) is 88.7 Å². The van der Waals surface area contributed by atoms with E-state index in [1.54, 1.807) is 4.90 Å². The monoisotopic (exact) mass is 457 g/mol. The van der Waals surface area contributed by atoms with Gasteiger partial charge >= 0.3 is 0 Å². The Bertz CT molecular complexity index is 1140. The Hall–Kier alpha value is -3.45. The highest BCUT2D eigenvalue weighted by Crippen LogP contribution is 2.25. The van der Waals surface area contributed by atoms with Crippen LogP contribution < -0.4 is 5.32 Å². The lowest BCUT2D eigenvalue weighted by Gasteiger charge is -2.29. The number of rotatable bonds is 7. The van der Waals surface area contributed by atoms with Crippen molar-refractivity contribution in [3.63, 3.8) is 0 Å². The van der Waals surface area contributed by atoms with Gasteiger partial charge in [-0.2, -0.15) is 5.10 Å². The van der Waals surface area contributed by atoms with E-state index in [0.717, 1.165) is 55.7 Å². The van der Waals surface area contributed by atoms with Crippen LogP contribution in [0.4, 0.5) is 0 Å². The summed E-state index contributed by atoms with van der Waals surface area (Å²) in [6.07, 6.45) is 2.99. The lowest BCUT2D eigenvalue weighted by atomic mass is 10.0. The van der Waals surface area contributed by atoms with Crippen molar-refractivity contribution in [3.8, 4) is 0 Å². The van der Waals surface area contributed by atoms with E-state index in [0.29, 0.717) is 25.3 Å². The van der Waals surface area contributed by atoms with Crippen molar-refractivity contribution >= 4 is 11.8 Å². The first-order valence-corrected chi connectivity index (χ1v) is 12.1. The molecule has 0 bridgehead atoms. The Labute approximate surface area is 200 Å². The van der Waals surface area contributed by atoms with Gasteiger partial charge in [0.15, 0.2) is 5.69 Å². The summed E-state index contributed by atoms with van der Waals surface area (Å²) in [6, 6.07) is 20.8. The van der Waals surface area contributed by atoms with Gasteiger partial charge in [-0.05, 0) is 30.5 Å². The fourth-order valence-electron chi connectivity index (χ4n) is 4.91. The van der Waals surface area contributed by atoms with Gasteiger partial charge in [-0.3, -0.25) is 19.2 Å². The maximum atomic E-state index is 13.4. The predicted octanol–water partition coefficient (Wildman–Crippen LogP) is 2.49. The molecule has 0 spiro atoms. The minimum absolute atomic E-state index is 0.0972. The van der Waals surface area contributed by atoms with Crippen LogP contribution in [0.25, 0.3) is 0 Å². The van der Waals surface area contributed by atoms with Crippen molar-refractivity contribution in [2.24, 2.45) is 0 Å². The van der Waals surface area contributed by atoms with E-state index in [2.05, 4.69) is 46.6 Å².